The molecule has 0 bridgehead atoms. The Morgan fingerprint density at radius 3 is 1.06 bits per heavy atom. The Morgan fingerprint density at radius 2 is 0.671 bits per heavy atom. The topological polar surface area (TPSA) is 196 Å². The van der Waals surface area contributed by atoms with E-state index in [1.165, 1.54) is 197 Å². The van der Waals surface area contributed by atoms with Crippen molar-refractivity contribution in [3.8, 4) is 0 Å². The van der Waals surface area contributed by atoms with Crippen LogP contribution in [0.25, 0.3) is 0 Å². The number of amides is 4. The molecule has 0 unspecified atom stereocenters. The van der Waals surface area contributed by atoms with Crippen molar-refractivity contribution in [2.45, 2.75) is 238 Å². The fourth-order valence-corrected chi connectivity index (χ4v) is 9.29. The molecule has 0 aliphatic carbocycles. The number of imide groups is 1. The molecule has 0 atom stereocenters. The van der Waals surface area contributed by atoms with Crippen LogP contribution in [0.3, 0.4) is 0 Å². The maximum Gasteiger partial charge on any atom is 0.253 e. The summed E-state index contributed by atoms with van der Waals surface area (Å²) >= 11 is 0. The van der Waals surface area contributed by atoms with Crippen molar-refractivity contribution in [1.82, 2.24) is 36.8 Å². The molecule has 1 aliphatic rings. The van der Waals surface area contributed by atoms with E-state index in [4.69, 9.17) is 11.5 Å². The number of unbranched alkanes of at least 4 members (excludes halogenated alkanes) is 27. The smallest absolute Gasteiger partial charge is 0.253 e. The fraction of sp³-hybridized carbons (Fsp3) is 0.895. The van der Waals surface area contributed by atoms with Gasteiger partial charge in [0, 0.05) is 44.6 Å². The average Bonchev–Trinajstić information content (AvgIpc) is 3.68. The summed E-state index contributed by atoms with van der Waals surface area (Å²) in [6.07, 6.45) is 46.9. The van der Waals surface area contributed by atoms with Crippen LogP contribution in [0.2, 0.25) is 0 Å². The van der Waals surface area contributed by atoms with Crippen LogP contribution in [-0.4, -0.2) is 114 Å². The molecule has 1 heterocycles. The quantitative estimate of drug-likeness (QED) is 0.0215. The van der Waals surface area contributed by atoms with Crippen LogP contribution in [-0.2, 0) is 19.2 Å². The molecule has 0 aromatic heterocycles. The summed E-state index contributed by atoms with van der Waals surface area (Å²) in [6.45, 7) is 12.2. The lowest BCUT2D eigenvalue weighted by Gasteiger charge is -2.19. The van der Waals surface area contributed by atoms with Gasteiger partial charge in [0.15, 0.2) is 0 Å². The van der Waals surface area contributed by atoms with Crippen molar-refractivity contribution >= 4 is 23.6 Å². The van der Waals surface area contributed by atoms with Gasteiger partial charge in [0.05, 0.1) is 0 Å². The van der Waals surface area contributed by atoms with Gasteiger partial charge in [-0.1, -0.05) is 141 Å². The number of hydrogen-bond donors (Lipinski definition) is 8. The lowest BCUT2D eigenvalue weighted by molar-refractivity contribution is -0.137. The second-order valence-corrected chi connectivity index (χ2v) is 20.5. The summed E-state index contributed by atoms with van der Waals surface area (Å²) in [4.78, 5) is 48.7. The van der Waals surface area contributed by atoms with Crippen LogP contribution >= 0.6 is 0 Å². The monoisotopic (exact) mass is 988 g/mol. The first-order chi connectivity index (χ1) is 34.5. The minimum atomic E-state index is -0.284. The summed E-state index contributed by atoms with van der Waals surface area (Å²) in [5, 5.41) is 20.7. The van der Waals surface area contributed by atoms with Crippen molar-refractivity contribution < 1.29 is 19.2 Å². The zero-order valence-electron chi connectivity index (χ0n) is 45.3. The highest BCUT2D eigenvalue weighted by Crippen LogP contribution is 2.16. The highest BCUT2D eigenvalue weighted by molar-refractivity contribution is 6.12. The van der Waals surface area contributed by atoms with Crippen LogP contribution in [0.15, 0.2) is 12.2 Å². The van der Waals surface area contributed by atoms with Gasteiger partial charge in [0.1, 0.15) is 0 Å². The standard InChI is InChI=1S/C57H113N9O4/c58-40-24-28-42-60-44-30-32-46-62-51-53(52-63-47-33-31-45-61-43-29-25-41-59)35-22-19-21-27-49-64-54(67)36-23-18-16-14-12-10-8-6-4-2-1-3-5-7-9-11-13-15-17-20-26-48-65-55(68)37-34-50-66-56(69)38-39-57(66)70/h38-39,53,60-63H,1-37,40-52,58-59H2,(H,64,67)(H,65,68). The molecule has 0 aromatic carbocycles. The minimum absolute atomic E-state index is 0.000575. The Balaban J connectivity index is 1.87. The third-order valence-electron chi connectivity index (χ3n) is 13.8. The van der Waals surface area contributed by atoms with E-state index in [-0.39, 0.29) is 23.6 Å². The predicted molar refractivity (Wildman–Crippen MR) is 296 cm³/mol. The Hall–Kier alpha value is -2.42. The Kier molecular flexibility index (Phi) is 49.6. The Bertz CT molecular complexity index is 1180. The molecule has 70 heavy (non-hydrogen) atoms. The molecule has 1 aliphatic heterocycles. The van der Waals surface area contributed by atoms with E-state index in [2.05, 4.69) is 31.9 Å². The predicted octanol–water partition coefficient (Wildman–Crippen LogP) is 9.47. The zero-order chi connectivity index (χ0) is 50.5. The van der Waals surface area contributed by atoms with E-state index >= 15 is 0 Å². The number of nitrogens with one attached hydrogen (secondary N) is 6. The van der Waals surface area contributed by atoms with Crippen LogP contribution < -0.4 is 43.4 Å². The van der Waals surface area contributed by atoms with Gasteiger partial charge in [-0.3, -0.25) is 24.1 Å². The second kappa shape index (κ2) is 52.9. The number of hydrogen-bond acceptors (Lipinski definition) is 10. The molecule has 13 heteroatoms. The van der Waals surface area contributed by atoms with Crippen molar-refractivity contribution in [3.05, 3.63) is 12.2 Å². The van der Waals surface area contributed by atoms with E-state index in [0.29, 0.717) is 38.3 Å². The molecule has 0 fully saturated rings. The normalized spacial score (nSPS) is 12.6. The van der Waals surface area contributed by atoms with Crippen LogP contribution in [0.4, 0.5) is 0 Å². The SMILES string of the molecule is NCCCCNCCCCNCC(CCCCCCNC(=O)CCCCCCCCCCCCCCCCCCCCCCCNC(=O)CCCN1C(=O)C=CC1=O)CNCCCCNCCCCN. The Morgan fingerprint density at radius 1 is 0.371 bits per heavy atom. The molecule has 0 saturated heterocycles. The molecule has 0 radical (unpaired) electrons. The number of carbonyl (C=O) groups is 4. The first-order valence-corrected chi connectivity index (χ1v) is 29.8. The highest BCUT2D eigenvalue weighted by Gasteiger charge is 2.22. The number of nitrogens with zero attached hydrogens (tertiary/aromatic N) is 1. The number of rotatable bonds is 57. The van der Waals surface area contributed by atoms with Crippen molar-refractivity contribution in [3.63, 3.8) is 0 Å². The molecule has 4 amide bonds. The summed E-state index contributed by atoms with van der Waals surface area (Å²) in [7, 11) is 0. The number of carbonyl (C=O) groups excluding carboxylic acids is 4. The third kappa shape index (κ3) is 45.4. The summed E-state index contributed by atoms with van der Waals surface area (Å²) in [5.41, 5.74) is 11.2. The maximum atomic E-state index is 12.4. The van der Waals surface area contributed by atoms with Crippen LogP contribution in [0.1, 0.15) is 238 Å². The molecule has 0 spiro atoms. The van der Waals surface area contributed by atoms with Gasteiger partial charge < -0.3 is 43.4 Å². The summed E-state index contributed by atoms with van der Waals surface area (Å²) in [6, 6.07) is 0. The van der Waals surface area contributed by atoms with E-state index < -0.39 is 0 Å². The molecule has 1 rings (SSSR count). The van der Waals surface area contributed by atoms with Crippen molar-refractivity contribution in [2.24, 2.45) is 17.4 Å². The maximum absolute atomic E-state index is 12.4. The molecule has 410 valence electrons. The van der Waals surface area contributed by atoms with Crippen molar-refractivity contribution in [1.29, 1.82) is 0 Å². The van der Waals surface area contributed by atoms with E-state index in [1.807, 2.05) is 0 Å². The highest BCUT2D eigenvalue weighted by atomic mass is 16.2. The van der Waals surface area contributed by atoms with E-state index in [1.54, 1.807) is 0 Å². The summed E-state index contributed by atoms with van der Waals surface area (Å²) in [5.74, 6) is 0.340. The molecule has 13 nitrogen and oxygen atoms in total. The van der Waals surface area contributed by atoms with Gasteiger partial charge in [-0.2, -0.15) is 0 Å². The second-order valence-electron chi connectivity index (χ2n) is 20.5. The van der Waals surface area contributed by atoms with E-state index in [0.717, 1.165) is 111 Å². The molecule has 10 N–H and O–H groups in total. The van der Waals surface area contributed by atoms with Crippen LogP contribution in [0, 0.1) is 5.92 Å². The molecular weight excluding hydrogens is 875 g/mol. The van der Waals surface area contributed by atoms with Crippen LogP contribution in [0.5, 0.6) is 0 Å². The van der Waals surface area contributed by atoms with E-state index in [9.17, 15) is 19.2 Å². The first kappa shape index (κ1) is 65.6. The zero-order valence-corrected chi connectivity index (χ0v) is 45.3. The molecule has 0 aromatic rings. The lowest BCUT2D eigenvalue weighted by atomic mass is 10.00. The van der Waals surface area contributed by atoms with Gasteiger partial charge in [0.2, 0.25) is 11.8 Å². The largest absolute Gasteiger partial charge is 0.356 e. The van der Waals surface area contributed by atoms with Gasteiger partial charge in [-0.25, -0.2) is 0 Å². The lowest BCUT2D eigenvalue weighted by Crippen LogP contribution is -2.32. The first-order valence-electron chi connectivity index (χ1n) is 29.8. The Labute approximate surface area is 430 Å². The van der Waals surface area contributed by atoms with Crippen molar-refractivity contribution in [2.75, 3.05) is 85.1 Å². The molecule has 0 saturated carbocycles. The fourth-order valence-electron chi connectivity index (χ4n) is 9.29. The third-order valence-corrected chi connectivity index (χ3v) is 13.8. The van der Waals surface area contributed by atoms with Gasteiger partial charge in [-0.05, 0) is 155 Å². The number of nitrogens with two attached hydrogens (primary N) is 2. The van der Waals surface area contributed by atoms with Gasteiger partial charge in [0.25, 0.3) is 11.8 Å². The summed E-state index contributed by atoms with van der Waals surface area (Å²) < 4.78 is 0. The average molecular weight is 989 g/mol. The minimum Gasteiger partial charge on any atom is -0.356 e. The van der Waals surface area contributed by atoms with Gasteiger partial charge in [-0.15, -0.1) is 0 Å². The van der Waals surface area contributed by atoms with Gasteiger partial charge >= 0.3 is 0 Å². The molecular formula is C57H113N9O4.